The topological polar surface area (TPSA) is 58.4 Å². The first-order valence-electron chi connectivity index (χ1n) is 11.9. The van der Waals surface area contributed by atoms with Crippen molar-refractivity contribution >= 4 is 5.97 Å². The Morgan fingerprint density at radius 3 is 2.41 bits per heavy atom. The van der Waals surface area contributed by atoms with E-state index in [0.29, 0.717) is 27.8 Å². The summed E-state index contributed by atoms with van der Waals surface area (Å²) in [5, 5.41) is 12.6. The Morgan fingerprint density at radius 2 is 1.84 bits per heavy atom. The van der Waals surface area contributed by atoms with Crippen LogP contribution in [-0.4, -0.2) is 44.0 Å². The Kier molecular flexibility index (Phi) is 7.41. The van der Waals surface area contributed by atoms with E-state index < -0.39 is 35.9 Å². The fourth-order valence-corrected chi connectivity index (χ4v) is 4.99. The van der Waals surface area contributed by atoms with Crippen LogP contribution in [0.3, 0.4) is 0 Å². The number of fused-ring (bicyclic) bond motifs is 1. The minimum absolute atomic E-state index is 0.0298. The van der Waals surface area contributed by atoms with Gasteiger partial charge in [0.25, 0.3) is 0 Å². The van der Waals surface area contributed by atoms with E-state index >= 15 is 8.78 Å². The number of hydrogen-bond acceptors (Lipinski definition) is 3. The van der Waals surface area contributed by atoms with E-state index in [9.17, 15) is 18.0 Å². The molecule has 5 nitrogen and oxygen atoms in total. The summed E-state index contributed by atoms with van der Waals surface area (Å²) in [4.78, 5) is 12.6. The van der Waals surface area contributed by atoms with Crippen molar-refractivity contribution in [3.05, 3.63) is 76.6 Å². The van der Waals surface area contributed by atoms with Crippen LogP contribution in [0, 0.1) is 11.6 Å². The molecule has 0 amide bonds. The quantitative estimate of drug-likeness (QED) is 0.352. The fraction of sp³-hybridized carbons (Fsp3) is 0.407. The van der Waals surface area contributed by atoms with Gasteiger partial charge in [0.2, 0.25) is 0 Å². The highest BCUT2D eigenvalue weighted by atomic mass is 19.3. The first-order chi connectivity index (χ1) is 17.3. The van der Waals surface area contributed by atoms with Crippen molar-refractivity contribution in [2.24, 2.45) is 0 Å². The van der Waals surface area contributed by atoms with Crippen molar-refractivity contribution in [3.63, 3.8) is 0 Å². The summed E-state index contributed by atoms with van der Waals surface area (Å²) >= 11 is 0. The van der Waals surface area contributed by atoms with Gasteiger partial charge in [0.15, 0.2) is 0 Å². The summed E-state index contributed by atoms with van der Waals surface area (Å²) in [6, 6.07) is 6.18. The summed E-state index contributed by atoms with van der Waals surface area (Å²) in [6.07, 6.45) is 2.71. The number of carbonyl (C=O) groups is 1. The summed E-state index contributed by atoms with van der Waals surface area (Å²) in [7, 11) is 0. The molecule has 0 fully saturated rings. The van der Waals surface area contributed by atoms with Crippen LogP contribution in [0.15, 0.2) is 42.7 Å². The molecule has 0 unspecified atom stereocenters. The molecule has 37 heavy (non-hydrogen) atoms. The van der Waals surface area contributed by atoms with E-state index in [-0.39, 0.29) is 36.6 Å². The number of rotatable bonds is 8. The summed E-state index contributed by atoms with van der Waals surface area (Å²) < 4.78 is 72.3. The van der Waals surface area contributed by atoms with E-state index in [1.807, 2.05) is 6.92 Å². The van der Waals surface area contributed by atoms with E-state index in [4.69, 9.17) is 5.11 Å². The van der Waals surface area contributed by atoms with Crippen LogP contribution in [0.25, 0.3) is 11.1 Å². The predicted octanol–water partition coefficient (Wildman–Crippen LogP) is 6.32. The molecule has 0 spiro atoms. The van der Waals surface area contributed by atoms with E-state index in [2.05, 4.69) is 5.10 Å². The second-order valence-corrected chi connectivity index (χ2v) is 10.1. The van der Waals surface area contributed by atoms with Crippen molar-refractivity contribution in [2.45, 2.75) is 64.3 Å². The van der Waals surface area contributed by atoms with Gasteiger partial charge in [0.1, 0.15) is 17.3 Å². The lowest BCUT2D eigenvalue weighted by Gasteiger charge is -2.44. The lowest BCUT2D eigenvalue weighted by atomic mass is 9.82. The first-order valence-corrected chi connectivity index (χ1v) is 11.9. The third-order valence-corrected chi connectivity index (χ3v) is 6.58. The van der Waals surface area contributed by atoms with Crippen molar-refractivity contribution in [3.8, 4) is 11.1 Å². The Bertz CT molecular complexity index is 1280. The van der Waals surface area contributed by atoms with Crippen molar-refractivity contribution < 1.29 is 31.9 Å². The number of aromatic nitrogens is 2. The second-order valence-electron chi connectivity index (χ2n) is 10.1. The molecule has 0 saturated heterocycles. The number of aliphatic carboxylic acids is 1. The van der Waals surface area contributed by atoms with Crippen LogP contribution in [0.4, 0.5) is 22.0 Å². The predicted molar refractivity (Wildman–Crippen MR) is 128 cm³/mol. The number of aryl methyl sites for hydroxylation is 1. The Hall–Kier alpha value is -3.27. The smallest absolute Gasteiger partial charge is 0.333 e. The second kappa shape index (κ2) is 10.2. The monoisotopic (exact) mass is 521 g/mol. The van der Waals surface area contributed by atoms with Crippen molar-refractivity contribution in [1.29, 1.82) is 0 Å². The van der Waals surface area contributed by atoms with Gasteiger partial charge in [-0.1, -0.05) is 18.2 Å². The average molecular weight is 522 g/mol. The standard InChI is InChI=1S/C27H28F5N3O2/c1-15-8-18-11-17(19-12-33-35(13-19)26(30)31)5-6-20(18)25(34(15)14-27(2,3)32)24-21(28)9-16(10-22(24)29)4-7-23(36)37/h5-6,9-13,15,25-26H,4,7-8,14H2,1-3H3,(H,36,37)/t15-,25+/m1/s1. The summed E-state index contributed by atoms with van der Waals surface area (Å²) in [6.45, 7) is 1.79. The lowest BCUT2D eigenvalue weighted by molar-refractivity contribution is -0.136. The molecule has 0 bridgehead atoms. The van der Waals surface area contributed by atoms with Crippen LogP contribution in [0.5, 0.6) is 0 Å². The fourth-order valence-electron chi connectivity index (χ4n) is 4.99. The van der Waals surface area contributed by atoms with Crippen LogP contribution in [0.2, 0.25) is 0 Å². The normalized spacial score (nSPS) is 18.3. The molecule has 10 heteroatoms. The van der Waals surface area contributed by atoms with Gasteiger partial charge < -0.3 is 5.11 Å². The van der Waals surface area contributed by atoms with Crippen LogP contribution in [0.1, 0.15) is 62.0 Å². The van der Waals surface area contributed by atoms with Crippen molar-refractivity contribution in [1.82, 2.24) is 14.7 Å². The first kappa shape index (κ1) is 26.8. The zero-order chi connectivity index (χ0) is 27.1. The van der Waals surface area contributed by atoms with E-state index in [0.717, 1.165) is 17.7 Å². The van der Waals surface area contributed by atoms with Gasteiger partial charge in [-0.2, -0.15) is 13.9 Å². The molecule has 198 valence electrons. The zero-order valence-corrected chi connectivity index (χ0v) is 20.7. The number of alkyl halides is 3. The molecule has 1 aliphatic rings. The van der Waals surface area contributed by atoms with Gasteiger partial charge in [-0.3, -0.25) is 9.69 Å². The highest BCUT2D eigenvalue weighted by Gasteiger charge is 2.39. The molecule has 4 rings (SSSR count). The number of halogens is 5. The molecule has 0 saturated carbocycles. The van der Waals surface area contributed by atoms with Gasteiger partial charge in [-0.05, 0) is 68.0 Å². The molecule has 0 aliphatic carbocycles. The number of nitrogens with zero attached hydrogens (tertiary/aromatic N) is 3. The highest BCUT2D eigenvalue weighted by Crippen LogP contribution is 2.42. The minimum Gasteiger partial charge on any atom is -0.481 e. The van der Waals surface area contributed by atoms with Gasteiger partial charge in [-0.25, -0.2) is 17.9 Å². The number of carboxylic acid groups (broad SMARTS) is 1. The Labute approximate surface area is 211 Å². The number of hydrogen-bond donors (Lipinski definition) is 1. The third-order valence-electron chi connectivity index (χ3n) is 6.58. The molecule has 2 heterocycles. The van der Waals surface area contributed by atoms with E-state index in [1.54, 1.807) is 23.1 Å². The van der Waals surface area contributed by atoms with Gasteiger partial charge in [-0.15, -0.1) is 0 Å². The van der Waals surface area contributed by atoms with Crippen molar-refractivity contribution in [2.75, 3.05) is 6.54 Å². The highest BCUT2D eigenvalue weighted by molar-refractivity contribution is 5.67. The SMILES string of the molecule is C[C@@H]1Cc2cc(-c3cnn(C(F)F)c3)ccc2[C@@H](c2c(F)cc(CCC(=O)O)cc2F)N1CC(C)(C)F. The summed E-state index contributed by atoms with van der Waals surface area (Å²) in [5.41, 5.74) is 0.774. The molecule has 2 aromatic carbocycles. The Balaban J connectivity index is 1.81. The molecule has 1 aliphatic heterocycles. The Morgan fingerprint density at radius 1 is 1.16 bits per heavy atom. The average Bonchev–Trinajstić information content (AvgIpc) is 3.29. The molecule has 3 aromatic rings. The number of benzene rings is 2. The number of carboxylic acids is 1. The van der Waals surface area contributed by atoms with Gasteiger partial charge in [0.05, 0.1) is 12.2 Å². The molecule has 2 atom stereocenters. The maximum atomic E-state index is 15.5. The third kappa shape index (κ3) is 5.84. The zero-order valence-electron chi connectivity index (χ0n) is 20.7. The molecule has 1 aromatic heterocycles. The maximum Gasteiger partial charge on any atom is 0.333 e. The summed E-state index contributed by atoms with van der Waals surface area (Å²) in [5.74, 6) is -2.75. The van der Waals surface area contributed by atoms with Crippen LogP contribution < -0.4 is 0 Å². The molecule has 1 N–H and O–H groups in total. The largest absolute Gasteiger partial charge is 0.481 e. The van der Waals surface area contributed by atoms with Crippen LogP contribution in [-0.2, 0) is 17.6 Å². The molecular weight excluding hydrogens is 493 g/mol. The van der Waals surface area contributed by atoms with Gasteiger partial charge in [0, 0.05) is 36.3 Å². The van der Waals surface area contributed by atoms with Crippen LogP contribution >= 0.6 is 0 Å². The van der Waals surface area contributed by atoms with E-state index in [1.165, 1.54) is 26.2 Å². The lowest BCUT2D eigenvalue weighted by Crippen LogP contribution is -2.48. The van der Waals surface area contributed by atoms with Gasteiger partial charge >= 0.3 is 12.5 Å². The maximum absolute atomic E-state index is 15.5. The molecule has 0 radical (unpaired) electrons. The minimum atomic E-state index is -2.78. The molecular formula is C27H28F5N3O2.